The Bertz CT molecular complexity index is 569. The first-order chi connectivity index (χ1) is 8.68. The second-order valence-corrected chi connectivity index (χ2v) is 5.76. The molecule has 6 heteroatoms. The van der Waals surface area contributed by atoms with E-state index in [2.05, 4.69) is 10.3 Å². The van der Waals surface area contributed by atoms with Crippen LogP contribution in [0.4, 0.5) is 9.52 Å². The standard InChI is InChI=1S/C13H14FN3S.ClH/c14-10-3-1-2-9(6-10)13(4-5-13)17-8-11-7-16-12(15)18-11;/h1-3,6-7,17H,4-5,8H2,(H2,15,16);1H. The van der Waals surface area contributed by atoms with Crippen LogP contribution >= 0.6 is 23.7 Å². The van der Waals surface area contributed by atoms with Gasteiger partial charge in [0.15, 0.2) is 5.13 Å². The highest BCUT2D eigenvalue weighted by Crippen LogP contribution is 2.45. The van der Waals surface area contributed by atoms with Crippen LogP contribution in [-0.2, 0) is 12.1 Å². The van der Waals surface area contributed by atoms with Crippen molar-refractivity contribution in [1.82, 2.24) is 10.3 Å². The third-order valence-corrected chi connectivity index (χ3v) is 4.13. The first-order valence-corrected chi connectivity index (χ1v) is 6.71. The number of nitrogens with one attached hydrogen (secondary N) is 1. The summed E-state index contributed by atoms with van der Waals surface area (Å²) in [7, 11) is 0. The predicted molar refractivity (Wildman–Crippen MR) is 77.9 cm³/mol. The van der Waals surface area contributed by atoms with E-state index in [9.17, 15) is 4.39 Å². The maximum atomic E-state index is 13.2. The Balaban J connectivity index is 0.00000133. The molecule has 0 unspecified atom stereocenters. The molecule has 3 N–H and O–H groups in total. The van der Waals surface area contributed by atoms with Crippen molar-refractivity contribution in [1.29, 1.82) is 0 Å². The summed E-state index contributed by atoms with van der Waals surface area (Å²) >= 11 is 1.48. The second kappa shape index (κ2) is 5.45. The van der Waals surface area contributed by atoms with Gasteiger partial charge in [-0.2, -0.15) is 0 Å². The molecule has 1 saturated carbocycles. The quantitative estimate of drug-likeness (QED) is 0.912. The molecule has 1 aromatic heterocycles. The number of anilines is 1. The lowest BCUT2D eigenvalue weighted by atomic mass is 10.0. The van der Waals surface area contributed by atoms with Gasteiger partial charge in [0.2, 0.25) is 0 Å². The monoisotopic (exact) mass is 299 g/mol. The normalized spacial score (nSPS) is 15.8. The maximum Gasteiger partial charge on any atom is 0.180 e. The Morgan fingerprint density at radius 1 is 1.42 bits per heavy atom. The van der Waals surface area contributed by atoms with Gasteiger partial charge >= 0.3 is 0 Å². The molecular weight excluding hydrogens is 285 g/mol. The van der Waals surface area contributed by atoms with Gasteiger partial charge in [0.1, 0.15) is 5.82 Å². The van der Waals surface area contributed by atoms with Crippen LogP contribution < -0.4 is 11.1 Å². The smallest absolute Gasteiger partial charge is 0.180 e. The highest BCUT2D eigenvalue weighted by Gasteiger charge is 2.43. The summed E-state index contributed by atoms with van der Waals surface area (Å²) in [5.74, 6) is -0.178. The summed E-state index contributed by atoms with van der Waals surface area (Å²) in [6, 6.07) is 6.83. The molecule has 19 heavy (non-hydrogen) atoms. The largest absolute Gasteiger partial charge is 0.375 e. The number of hydrogen-bond donors (Lipinski definition) is 2. The van der Waals surface area contributed by atoms with Crippen LogP contribution in [0.5, 0.6) is 0 Å². The van der Waals surface area contributed by atoms with Crippen LogP contribution in [0.15, 0.2) is 30.5 Å². The molecule has 1 aliphatic carbocycles. The number of hydrogen-bond acceptors (Lipinski definition) is 4. The number of nitrogen functional groups attached to an aromatic ring is 1. The van der Waals surface area contributed by atoms with Gasteiger partial charge in [0.05, 0.1) is 0 Å². The molecule has 0 saturated heterocycles. The Labute approximate surface area is 121 Å². The van der Waals surface area contributed by atoms with Gasteiger partial charge in [-0.15, -0.1) is 23.7 Å². The molecule has 0 bridgehead atoms. The van der Waals surface area contributed by atoms with Crippen LogP contribution in [0.3, 0.4) is 0 Å². The third-order valence-electron chi connectivity index (χ3n) is 3.30. The predicted octanol–water partition coefficient (Wildman–Crippen LogP) is 3.07. The van der Waals surface area contributed by atoms with E-state index in [4.69, 9.17) is 5.73 Å². The number of nitrogens with zero attached hydrogens (tertiary/aromatic N) is 1. The van der Waals surface area contributed by atoms with Crippen molar-refractivity contribution in [3.63, 3.8) is 0 Å². The number of thiazole rings is 1. The van der Waals surface area contributed by atoms with Gasteiger partial charge in [0.25, 0.3) is 0 Å². The van der Waals surface area contributed by atoms with Crippen molar-refractivity contribution >= 4 is 28.9 Å². The van der Waals surface area contributed by atoms with Crippen LogP contribution in [0.25, 0.3) is 0 Å². The molecule has 0 atom stereocenters. The lowest BCUT2D eigenvalue weighted by Gasteiger charge is -2.17. The second-order valence-electron chi connectivity index (χ2n) is 4.61. The lowest BCUT2D eigenvalue weighted by molar-refractivity contribution is 0.516. The molecule has 0 spiro atoms. The SMILES string of the molecule is Cl.Nc1ncc(CNC2(c3cccc(F)c3)CC2)s1. The van der Waals surface area contributed by atoms with E-state index in [1.807, 2.05) is 6.07 Å². The van der Waals surface area contributed by atoms with Gasteiger partial charge < -0.3 is 11.1 Å². The average Bonchev–Trinajstić information content (AvgIpc) is 3.04. The zero-order valence-corrected chi connectivity index (χ0v) is 11.9. The molecule has 0 amide bonds. The van der Waals surface area contributed by atoms with Crippen molar-refractivity contribution < 1.29 is 4.39 Å². The van der Waals surface area contributed by atoms with Gasteiger partial charge in [-0.05, 0) is 30.5 Å². The molecule has 102 valence electrons. The van der Waals surface area contributed by atoms with E-state index >= 15 is 0 Å². The zero-order chi connectivity index (χ0) is 12.6. The van der Waals surface area contributed by atoms with Crippen molar-refractivity contribution in [2.75, 3.05) is 5.73 Å². The molecule has 2 aromatic rings. The zero-order valence-electron chi connectivity index (χ0n) is 10.2. The third kappa shape index (κ3) is 3.05. The Morgan fingerprint density at radius 2 is 2.21 bits per heavy atom. The first kappa shape index (κ1) is 14.2. The fourth-order valence-corrected chi connectivity index (χ4v) is 2.76. The Morgan fingerprint density at radius 3 is 2.79 bits per heavy atom. The molecule has 1 aliphatic rings. The van der Waals surface area contributed by atoms with Gasteiger partial charge in [-0.1, -0.05) is 12.1 Å². The molecule has 1 aromatic carbocycles. The summed E-state index contributed by atoms with van der Waals surface area (Å²) in [4.78, 5) is 5.13. The highest BCUT2D eigenvalue weighted by atomic mass is 35.5. The fraction of sp³-hybridized carbons (Fsp3) is 0.308. The number of nitrogens with two attached hydrogens (primary N) is 1. The van der Waals surface area contributed by atoms with Crippen molar-refractivity contribution in [3.8, 4) is 0 Å². The number of halogens is 2. The molecular formula is C13H15ClFN3S. The van der Waals surface area contributed by atoms with Crippen molar-refractivity contribution in [2.24, 2.45) is 0 Å². The molecule has 3 rings (SSSR count). The van der Waals surface area contributed by atoms with E-state index in [0.717, 1.165) is 29.8 Å². The average molecular weight is 300 g/mol. The molecule has 0 aliphatic heterocycles. The number of rotatable bonds is 4. The topological polar surface area (TPSA) is 50.9 Å². The summed E-state index contributed by atoms with van der Waals surface area (Å²) in [6.45, 7) is 0.728. The number of benzene rings is 1. The number of aromatic nitrogens is 1. The Kier molecular flexibility index (Phi) is 4.08. The van der Waals surface area contributed by atoms with E-state index < -0.39 is 0 Å². The molecule has 0 radical (unpaired) electrons. The molecule has 1 heterocycles. The van der Waals surface area contributed by atoms with Crippen LogP contribution in [0, 0.1) is 5.82 Å². The fourth-order valence-electron chi connectivity index (χ4n) is 2.14. The van der Waals surface area contributed by atoms with Crippen LogP contribution in [-0.4, -0.2) is 4.98 Å². The van der Waals surface area contributed by atoms with E-state index in [-0.39, 0.29) is 23.8 Å². The maximum absolute atomic E-state index is 13.2. The van der Waals surface area contributed by atoms with E-state index in [0.29, 0.717) is 5.13 Å². The Hall–Kier alpha value is -1.17. The minimum atomic E-state index is -0.178. The summed E-state index contributed by atoms with van der Waals surface area (Å²) in [6.07, 6.45) is 3.88. The highest BCUT2D eigenvalue weighted by molar-refractivity contribution is 7.15. The summed E-state index contributed by atoms with van der Waals surface area (Å²) < 4.78 is 13.2. The van der Waals surface area contributed by atoms with E-state index in [1.165, 1.54) is 17.4 Å². The minimum absolute atomic E-state index is 0. The van der Waals surface area contributed by atoms with Crippen LogP contribution in [0.1, 0.15) is 23.3 Å². The summed E-state index contributed by atoms with van der Waals surface area (Å²) in [5, 5.41) is 4.08. The summed E-state index contributed by atoms with van der Waals surface area (Å²) in [5.41, 5.74) is 6.57. The van der Waals surface area contributed by atoms with Crippen LogP contribution in [0.2, 0.25) is 0 Å². The molecule has 1 fully saturated rings. The van der Waals surface area contributed by atoms with Crippen molar-refractivity contribution in [2.45, 2.75) is 24.9 Å². The first-order valence-electron chi connectivity index (χ1n) is 5.89. The van der Waals surface area contributed by atoms with Gasteiger partial charge in [0, 0.05) is 23.2 Å². The van der Waals surface area contributed by atoms with Crippen molar-refractivity contribution in [3.05, 3.63) is 46.7 Å². The molecule has 3 nitrogen and oxygen atoms in total. The lowest BCUT2D eigenvalue weighted by Crippen LogP contribution is -2.28. The minimum Gasteiger partial charge on any atom is -0.375 e. The van der Waals surface area contributed by atoms with E-state index in [1.54, 1.807) is 18.3 Å². The van der Waals surface area contributed by atoms with Gasteiger partial charge in [-0.3, -0.25) is 0 Å². The van der Waals surface area contributed by atoms with Gasteiger partial charge in [-0.25, -0.2) is 9.37 Å².